The summed E-state index contributed by atoms with van der Waals surface area (Å²) in [5, 5.41) is 0. The monoisotopic (exact) mass is 550 g/mol. The lowest BCUT2D eigenvalue weighted by atomic mass is 9.98. The number of aromatic nitrogens is 2. The van der Waals surface area contributed by atoms with Crippen molar-refractivity contribution in [2.45, 2.75) is 78.0 Å². The van der Waals surface area contributed by atoms with Crippen molar-refractivity contribution < 1.29 is 14.3 Å². The Morgan fingerprint density at radius 1 is 1.02 bits per heavy atom. The van der Waals surface area contributed by atoms with E-state index in [1.54, 1.807) is 4.90 Å². The summed E-state index contributed by atoms with van der Waals surface area (Å²) in [6.45, 7) is 16.2. The molecule has 1 atom stereocenters. The molecule has 0 N–H and O–H groups in total. The maximum atomic E-state index is 12.7. The molecule has 2 saturated heterocycles. The summed E-state index contributed by atoms with van der Waals surface area (Å²) in [6, 6.07) is 9.57. The molecule has 218 valence electrons. The van der Waals surface area contributed by atoms with Gasteiger partial charge in [0.25, 0.3) is 0 Å². The molecular weight excluding hydrogens is 504 g/mol. The minimum atomic E-state index is -0.500. The zero-order valence-electron chi connectivity index (χ0n) is 25.2. The van der Waals surface area contributed by atoms with E-state index in [4.69, 9.17) is 19.4 Å². The van der Waals surface area contributed by atoms with Gasteiger partial charge in [-0.25, -0.2) is 4.79 Å². The highest BCUT2D eigenvalue weighted by Gasteiger charge is 2.31. The second-order valence-electron chi connectivity index (χ2n) is 12.7. The fraction of sp³-hybridized carbons (Fsp3) is 0.645. The first kappa shape index (κ1) is 28.5. The Bertz CT molecular complexity index is 1190. The number of para-hydroxylation sites is 1. The molecule has 2 aromatic rings. The Labute approximate surface area is 239 Å². The quantitative estimate of drug-likeness (QED) is 0.513. The van der Waals surface area contributed by atoms with Crippen LogP contribution in [0.4, 0.5) is 16.3 Å². The van der Waals surface area contributed by atoms with Crippen molar-refractivity contribution in [2.75, 3.05) is 62.7 Å². The minimum absolute atomic E-state index is 0.249. The van der Waals surface area contributed by atoms with Crippen molar-refractivity contribution in [1.29, 1.82) is 0 Å². The van der Waals surface area contributed by atoms with Gasteiger partial charge in [0, 0.05) is 50.0 Å². The van der Waals surface area contributed by atoms with Gasteiger partial charge in [-0.3, -0.25) is 0 Å². The Morgan fingerprint density at radius 2 is 1.77 bits per heavy atom. The van der Waals surface area contributed by atoms with Gasteiger partial charge in [0.15, 0.2) is 0 Å². The molecule has 0 aliphatic carbocycles. The molecule has 1 aromatic carbocycles. The largest absolute Gasteiger partial charge is 0.462 e. The van der Waals surface area contributed by atoms with Gasteiger partial charge in [0.05, 0.1) is 12.2 Å². The van der Waals surface area contributed by atoms with Gasteiger partial charge < -0.3 is 29.1 Å². The van der Waals surface area contributed by atoms with E-state index in [0.29, 0.717) is 50.8 Å². The fourth-order valence-electron chi connectivity index (χ4n) is 5.97. The van der Waals surface area contributed by atoms with E-state index in [2.05, 4.69) is 59.9 Å². The first-order valence-electron chi connectivity index (χ1n) is 14.9. The van der Waals surface area contributed by atoms with Crippen LogP contribution in [-0.2, 0) is 17.7 Å². The number of ether oxygens (including phenoxy) is 2. The zero-order chi connectivity index (χ0) is 28.4. The van der Waals surface area contributed by atoms with Crippen molar-refractivity contribution in [1.82, 2.24) is 19.8 Å². The SMILES string of the molecule is CC(C)c1ccccc1N1CCc2c(nc(OC[C@@H]3CCCN3C)nc2N2CCN(C(=O)OC(C)(C)C)CC2)C1. The van der Waals surface area contributed by atoms with Gasteiger partial charge in [-0.1, -0.05) is 32.0 Å². The highest BCUT2D eigenvalue weighted by Crippen LogP contribution is 2.34. The molecule has 9 nitrogen and oxygen atoms in total. The van der Waals surface area contributed by atoms with Gasteiger partial charge in [-0.2, -0.15) is 9.97 Å². The average Bonchev–Trinajstić information content (AvgIpc) is 3.34. The number of rotatable bonds is 6. The number of anilines is 2. The molecule has 3 aliphatic heterocycles. The minimum Gasteiger partial charge on any atom is -0.462 e. The van der Waals surface area contributed by atoms with Gasteiger partial charge in [-0.15, -0.1) is 0 Å². The number of hydrogen-bond acceptors (Lipinski definition) is 8. The van der Waals surface area contributed by atoms with Crippen LogP contribution in [0, 0.1) is 0 Å². The lowest BCUT2D eigenvalue weighted by Crippen LogP contribution is -2.50. The van der Waals surface area contributed by atoms with Crippen LogP contribution in [0.5, 0.6) is 6.01 Å². The van der Waals surface area contributed by atoms with E-state index in [9.17, 15) is 4.79 Å². The normalized spacial score (nSPS) is 20.2. The van der Waals surface area contributed by atoms with Gasteiger partial charge in [-0.05, 0) is 71.2 Å². The highest BCUT2D eigenvalue weighted by atomic mass is 16.6. The van der Waals surface area contributed by atoms with Crippen LogP contribution in [0.15, 0.2) is 24.3 Å². The molecule has 4 heterocycles. The standard InChI is InChI=1S/C31H46N6O3/c1-22(2)24-11-7-8-12-27(24)37-15-13-25-26(20-37)32-29(39-21-23-10-9-14-34(23)6)33-28(25)35-16-18-36(19-17-35)30(38)40-31(3,4)5/h7-8,11-12,22-23H,9-10,13-21H2,1-6H3/t23-/m0/s1. The maximum Gasteiger partial charge on any atom is 0.410 e. The Balaban J connectivity index is 1.38. The molecule has 0 saturated carbocycles. The van der Waals surface area contributed by atoms with E-state index in [1.807, 2.05) is 20.8 Å². The van der Waals surface area contributed by atoms with Crippen LogP contribution in [0.2, 0.25) is 0 Å². The lowest BCUT2D eigenvalue weighted by molar-refractivity contribution is 0.0240. The van der Waals surface area contributed by atoms with Crippen LogP contribution < -0.4 is 14.5 Å². The third-order valence-electron chi connectivity index (χ3n) is 8.23. The second-order valence-corrected chi connectivity index (χ2v) is 12.7. The van der Waals surface area contributed by atoms with Crippen molar-refractivity contribution in [2.24, 2.45) is 0 Å². The van der Waals surface area contributed by atoms with E-state index in [1.165, 1.54) is 23.2 Å². The summed E-state index contributed by atoms with van der Waals surface area (Å²) in [7, 11) is 2.16. The van der Waals surface area contributed by atoms with Gasteiger partial charge in [0.1, 0.15) is 18.0 Å². The Morgan fingerprint density at radius 3 is 2.45 bits per heavy atom. The van der Waals surface area contributed by atoms with Crippen LogP contribution in [0.25, 0.3) is 0 Å². The van der Waals surface area contributed by atoms with Crippen LogP contribution in [0.3, 0.4) is 0 Å². The van der Waals surface area contributed by atoms with Crippen LogP contribution in [-0.4, -0.2) is 90.4 Å². The molecule has 9 heteroatoms. The molecule has 1 amide bonds. The Kier molecular flexibility index (Phi) is 8.40. The first-order chi connectivity index (χ1) is 19.1. The van der Waals surface area contributed by atoms with Gasteiger partial charge >= 0.3 is 12.1 Å². The number of hydrogen-bond donors (Lipinski definition) is 0. The smallest absolute Gasteiger partial charge is 0.410 e. The molecular formula is C31H46N6O3. The molecule has 0 bridgehead atoms. The third kappa shape index (κ3) is 6.45. The Hall–Kier alpha value is -3.07. The number of carbonyl (C=O) groups is 1. The summed E-state index contributed by atoms with van der Waals surface area (Å²) < 4.78 is 11.9. The number of piperazine rings is 1. The van der Waals surface area contributed by atoms with E-state index in [-0.39, 0.29) is 6.09 Å². The van der Waals surface area contributed by atoms with Crippen LogP contribution >= 0.6 is 0 Å². The van der Waals surface area contributed by atoms with Crippen molar-refractivity contribution in [3.05, 3.63) is 41.1 Å². The van der Waals surface area contributed by atoms with E-state index >= 15 is 0 Å². The van der Waals surface area contributed by atoms with Crippen LogP contribution in [0.1, 0.15) is 70.2 Å². The molecule has 2 fully saturated rings. The summed E-state index contributed by atoms with van der Waals surface area (Å²) in [6.07, 6.45) is 2.96. The number of likely N-dealkylation sites (tertiary alicyclic amines) is 1. The summed E-state index contributed by atoms with van der Waals surface area (Å²) in [5.41, 5.74) is 4.39. The fourth-order valence-corrected chi connectivity index (χ4v) is 5.97. The summed E-state index contributed by atoms with van der Waals surface area (Å²) >= 11 is 0. The number of amides is 1. The van der Waals surface area contributed by atoms with E-state index in [0.717, 1.165) is 44.0 Å². The average molecular weight is 551 g/mol. The number of nitrogens with zero attached hydrogens (tertiary/aromatic N) is 6. The van der Waals surface area contributed by atoms with Crippen molar-refractivity contribution in [3.63, 3.8) is 0 Å². The van der Waals surface area contributed by atoms with E-state index < -0.39 is 5.60 Å². The predicted molar refractivity (Wildman–Crippen MR) is 158 cm³/mol. The summed E-state index contributed by atoms with van der Waals surface area (Å²) in [5.74, 6) is 1.41. The molecule has 5 rings (SSSR count). The molecule has 1 aromatic heterocycles. The topological polar surface area (TPSA) is 74.3 Å². The molecule has 0 unspecified atom stereocenters. The molecule has 0 radical (unpaired) electrons. The number of likely N-dealkylation sites (N-methyl/N-ethyl adjacent to an activating group) is 1. The summed E-state index contributed by atoms with van der Waals surface area (Å²) in [4.78, 5) is 31.5. The predicted octanol–water partition coefficient (Wildman–Crippen LogP) is 4.69. The second kappa shape index (κ2) is 11.8. The highest BCUT2D eigenvalue weighted by molar-refractivity contribution is 5.69. The molecule has 0 spiro atoms. The number of fused-ring (bicyclic) bond motifs is 1. The lowest BCUT2D eigenvalue weighted by Gasteiger charge is -2.38. The van der Waals surface area contributed by atoms with Crippen molar-refractivity contribution in [3.8, 4) is 6.01 Å². The number of benzene rings is 1. The van der Waals surface area contributed by atoms with Crippen molar-refractivity contribution >= 4 is 17.6 Å². The third-order valence-corrected chi connectivity index (χ3v) is 8.23. The zero-order valence-corrected chi connectivity index (χ0v) is 25.2. The first-order valence-corrected chi connectivity index (χ1v) is 14.9. The molecule has 40 heavy (non-hydrogen) atoms. The molecule has 3 aliphatic rings. The maximum absolute atomic E-state index is 12.7. The number of carbonyl (C=O) groups excluding carboxylic acids is 1. The van der Waals surface area contributed by atoms with Gasteiger partial charge in [0.2, 0.25) is 0 Å².